The molecule has 9 nitrogen and oxygen atoms in total. The van der Waals surface area contributed by atoms with Crippen molar-refractivity contribution in [1.29, 1.82) is 0 Å². The highest BCUT2D eigenvalue weighted by atomic mass is 32.2. The number of hydrogen-bond acceptors (Lipinski definition) is 9. The number of esters is 2. The molecule has 2 aliphatic heterocycles. The molecule has 2 aromatic rings. The van der Waals surface area contributed by atoms with Gasteiger partial charge in [-0.25, -0.2) is 10.3 Å². The van der Waals surface area contributed by atoms with Gasteiger partial charge >= 0.3 is 11.9 Å². The SMILES string of the molecule is CSC1=NC2C[C@H](O)[C@H](O)C[N+](CCCC[C@H](CC(=O)OCc3ccccc3)C(=O)OCc3ccccc3)=C2N1. The van der Waals surface area contributed by atoms with Gasteiger partial charge in [-0.05, 0) is 36.6 Å². The van der Waals surface area contributed by atoms with Crippen molar-refractivity contribution in [3.63, 3.8) is 0 Å². The van der Waals surface area contributed by atoms with Crippen molar-refractivity contribution in [2.45, 2.75) is 63.6 Å². The lowest BCUT2D eigenvalue weighted by Crippen LogP contribution is -2.39. The molecule has 0 fully saturated rings. The summed E-state index contributed by atoms with van der Waals surface area (Å²) in [7, 11) is 0. The van der Waals surface area contributed by atoms with Crippen LogP contribution in [0.5, 0.6) is 0 Å². The standard InChI is InChI=1S/C30H37N3O6S/c1-40-30-31-24-17-25(34)26(35)18-33(28(24)32-30)15-9-8-14-23(29(37)39-20-22-12-6-3-7-13-22)16-27(36)38-19-21-10-4-2-5-11-21/h2-7,10-13,23-26,34-35H,8-9,14-20H2,1H3/p+1/t23-,24?,25+,26-/m1/s1. The summed E-state index contributed by atoms with van der Waals surface area (Å²) in [6.07, 6.45) is 2.39. The number of aliphatic hydroxyl groups is 2. The van der Waals surface area contributed by atoms with E-state index >= 15 is 0 Å². The van der Waals surface area contributed by atoms with E-state index in [-0.39, 0.29) is 25.7 Å². The third kappa shape index (κ3) is 8.64. The maximum atomic E-state index is 13.0. The van der Waals surface area contributed by atoms with Crippen LogP contribution < -0.4 is 5.32 Å². The first-order chi connectivity index (χ1) is 19.4. The molecule has 4 rings (SSSR count). The van der Waals surface area contributed by atoms with Gasteiger partial charge in [0.05, 0.1) is 25.0 Å². The van der Waals surface area contributed by atoms with Gasteiger partial charge in [0.25, 0.3) is 11.0 Å². The van der Waals surface area contributed by atoms with Gasteiger partial charge in [0.15, 0.2) is 6.04 Å². The highest BCUT2D eigenvalue weighted by Gasteiger charge is 2.40. The maximum absolute atomic E-state index is 13.0. The zero-order valence-corrected chi connectivity index (χ0v) is 23.6. The maximum Gasteiger partial charge on any atom is 0.309 e. The Morgan fingerprint density at radius 3 is 2.30 bits per heavy atom. The average Bonchev–Trinajstić information content (AvgIpc) is 3.34. The second-order valence-electron chi connectivity index (χ2n) is 10.1. The first kappa shape index (κ1) is 29.8. The lowest BCUT2D eigenvalue weighted by molar-refractivity contribution is -0.539. The Morgan fingerprint density at radius 1 is 1.00 bits per heavy atom. The molecule has 0 radical (unpaired) electrons. The lowest BCUT2D eigenvalue weighted by atomic mass is 9.98. The number of aliphatic imine (C=N–C) groups is 1. The van der Waals surface area contributed by atoms with Crippen LogP contribution in [-0.2, 0) is 32.3 Å². The fourth-order valence-electron chi connectivity index (χ4n) is 4.87. The van der Waals surface area contributed by atoms with Gasteiger partial charge in [0.2, 0.25) is 0 Å². The second kappa shape index (κ2) is 15.0. The van der Waals surface area contributed by atoms with Gasteiger partial charge < -0.3 is 19.7 Å². The van der Waals surface area contributed by atoms with Crippen molar-refractivity contribution >= 4 is 34.7 Å². The number of unbranched alkanes of at least 4 members (excludes halogenated alkanes) is 1. The summed E-state index contributed by atoms with van der Waals surface area (Å²) in [5.74, 6) is -0.590. The van der Waals surface area contributed by atoms with Crippen molar-refractivity contribution in [2.24, 2.45) is 10.9 Å². The zero-order valence-electron chi connectivity index (χ0n) is 22.8. The molecule has 2 aliphatic rings. The van der Waals surface area contributed by atoms with Crippen molar-refractivity contribution in [2.75, 3.05) is 19.3 Å². The lowest BCUT2D eigenvalue weighted by Gasteiger charge is -2.17. The van der Waals surface area contributed by atoms with Crippen LogP contribution in [0, 0.1) is 5.92 Å². The number of β-amino-alcohol motifs (C(OH)–C–C–N with tert-alkyl or cyclic N) is 1. The molecule has 2 heterocycles. The summed E-state index contributed by atoms with van der Waals surface area (Å²) in [6.45, 7) is 1.21. The van der Waals surface area contributed by atoms with Crippen LogP contribution in [0.2, 0.25) is 0 Å². The normalized spacial score (nSPS) is 21.1. The number of thioether (sulfide) groups is 1. The quantitative estimate of drug-likeness (QED) is 0.203. The Bertz CT molecular complexity index is 1190. The molecule has 0 aliphatic carbocycles. The third-order valence-corrected chi connectivity index (χ3v) is 7.71. The van der Waals surface area contributed by atoms with Crippen LogP contribution in [0.15, 0.2) is 65.7 Å². The summed E-state index contributed by atoms with van der Waals surface area (Å²) in [6, 6.07) is 18.7. The Balaban J connectivity index is 1.34. The van der Waals surface area contributed by atoms with E-state index in [2.05, 4.69) is 10.3 Å². The Labute approximate surface area is 239 Å². The Morgan fingerprint density at radius 2 is 1.65 bits per heavy atom. The molecular formula is C30H38N3O6S+. The first-order valence-electron chi connectivity index (χ1n) is 13.7. The van der Waals surface area contributed by atoms with Crippen LogP contribution in [0.1, 0.15) is 43.2 Å². The fourth-order valence-corrected chi connectivity index (χ4v) is 5.31. The zero-order chi connectivity index (χ0) is 28.3. The molecule has 0 bridgehead atoms. The highest BCUT2D eigenvalue weighted by molar-refractivity contribution is 8.13. The van der Waals surface area contributed by atoms with Gasteiger partial charge in [-0.2, -0.15) is 0 Å². The van der Waals surface area contributed by atoms with E-state index in [0.717, 1.165) is 28.6 Å². The van der Waals surface area contributed by atoms with Crippen molar-refractivity contribution in [1.82, 2.24) is 5.32 Å². The third-order valence-electron chi connectivity index (χ3n) is 7.12. The number of amidine groups is 2. The number of fused-ring (bicyclic) bond motifs is 1. The van der Waals surface area contributed by atoms with Crippen LogP contribution in [0.4, 0.5) is 0 Å². The van der Waals surface area contributed by atoms with E-state index < -0.39 is 30.1 Å². The summed E-state index contributed by atoms with van der Waals surface area (Å²) >= 11 is 1.51. The van der Waals surface area contributed by atoms with E-state index in [9.17, 15) is 19.8 Å². The smallest absolute Gasteiger partial charge is 0.309 e. The second-order valence-corrected chi connectivity index (χ2v) is 10.9. The minimum absolute atomic E-state index is 0.0546. The molecule has 214 valence electrons. The van der Waals surface area contributed by atoms with E-state index in [1.807, 2.05) is 71.5 Å². The molecule has 1 unspecified atom stereocenters. The number of nitrogens with zero attached hydrogens (tertiary/aromatic N) is 2. The Kier molecular flexibility index (Phi) is 11.1. The Hall–Kier alpha value is -3.21. The van der Waals surface area contributed by atoms with E-state index in [4.69, 9.17) is 9.47 Å². The summed E-state index contributed by atoms with van der Waals surface area (Å²) in [5.41, 5.74) is 1.76. The number of nitrogens with one attached hydrogen (secondary N) is 1. The fraction of sp³-hybridized carbons (Fsp3) is 0.467. The summed E-state index contributed by atoms with van der Waals surface area (Å²) in [4.78, 5) is 30.3. The van der Waals surface area contributed by atoms with Gasteiger partial charge in [-0.15, -0.1) is 0 Å². The summed E-state index contributed by atoms with van der Waals surface area (Å²) in [5, 5.41) is 24.9. The van der Waals surface area contributed by atoms with Gasteiger partial charge in [0, 0.05) is 6.42 Å². The first-order valence-corrected chi connectivity index (χ1v) is 14.9. The number of carbonyl (C=O) groups excluding carboxylic acids is 2. The summed E-state index contributed by atoms with van der Waals surface area (Å²) < 4.78 is 13.1. The minimum Gasteiger partial charge on any atom is -0.461 e. The molecule has 0 saturated carbocycles. The van der Waals surface area contributed by atoms with Crippen LogP contribution in [0.3, 0.4) is 0 Å². The largest absolute Gasteiger partial charge is 0.461 e. The predicted octanol–water partition coefficient (Wildman–Crippen LogP) is 2.88. The predicted molar refractivity (Wildman–Crippen MR) is 154 cm³/mol. The number of carbonyl (C=O) groups is 2. The topological polar surface area (TPSA) is 120 Å². The molecule has 2 aromatic carbocycles. The number of hydrogen-bond donors (Lipinski definition) is 3. The van der Waals surface area contributed by atoms with E-state index in [1.54, 1.807) is 0 Å². The number of aliphatic hydroxyl groups excluding tert-OH is 2. The van der Waals surface area contributed by atoms with E-state index in [0.29, 0.717) is 32.4 Å². The monoisotopic (exact) mass is 568 g/mol. The molecule has 0 aromatic heterocycles. The molecule has 40 heavy (non-hydrogen) atoms. The molecule has 10 heteroatoms. The van der Waals surface area contributed by atoms with Gasteiger partial charge in [-0.1, -0.05) is 72.4 Å². The molecule has 3 N–H and O–H groups in total. The molecule has 0 saturated heterocycles. The molecular weight excluding hydrogens is 530 g/mol. The van der Waals surface area contributed by atoms with Crippen molar-refractivity contribution in [3.05, 3.63) is 71.8 Å². The van der Waals surface area contributed by atoms with E-state index in [1.165, 1.54) is 11.8 Å². The number of benzene rings is 2. The van der Waals surface area contributed by atoms with Crippen molar-refractivity contribution in [3.8, 4) is 0 Å². The van der Waals surface area contributed by atoms with Crippen LogP contribution in [-0.4, -0.2) is 75.3 Å². The average molecular weight is 569 g/mol. The van der Waals surface area contributed by atoms with Gasteiger partial charge in [-0.3, -0.25) is 14.2 Å². The van der Waals surface area contributed by atoms with Crippen molar-refractivity contribution < 1.29 is 33.9 Å². The molecule has 0 amide bonds. The molecule has 0 spiro atoms. The number of ether oxygens (including phenoxy) is 2. The minimum atomic E-state index is -0.868. The van der Waals surface area contributed by atoms with Crippen LogP contribution >= 0.6 is 11.8 Å². The highest BCUT2D eigenvalue weighted by Crippen LogP contribution is 2.21. The van der Waals surface area contributed by atoms with Gasteiger partial charge in [0.1, 0.15) is 25.9 Å². The molecule has 4 atom stereocenters. The van der Waals surface area contributed by atoms with Crippen LogP contribution in [0.25, 0.3) is 0 Å². The number of rotatable bonds is 12.